The Balaban J connectivity index is 2.07. The van der Waals surface area contributed by atoms with Gasteiger partial charge in [0.1, 0.15) is 6.04 Å². The second-order valence-corrected chi connectivity index (χ2v) is 4.52. The molecule has 1 unspecified atom stereocenters. The number of carbonyl (C=O) groups excluding carboxylic acids is 1. The van der Waals surface area contributed by atoms with Crippen molar-refractivity contribution in [1.29, 1.82) is 0 Å². The van der Waals surface area contributed by atoms with Crippen LogP contribution in [0, 0.1) is 5.92 Å². The number of amides is 2. The number of hydrogen-bond donors (Lipinski definition) is 3. The van der Waals surface area contributed by atoms with Crippen LogP contribution in [0.5, 0.6) is 0 Å². The summed E-state index contributed by atoms with van der Waals surface area (Å²) in [7, 11) is 0. The Morgan fingerprint density at radius 2 is 2.11 bits per heavy atom. The van der Waals surface area contributed by atoms with Gasteiger partial charge in [0.2, 0.25) is 0 Å². The van der Waals surface area contributed by atoms with Gasteiger partial charge in [-0.15, -0.1) is 0 Å². The van der Waals surface area contributed by atoms with E-state index < -0.39 is 18.0 Å². The fourth-order valence-electron chi connectivity index (χ4n) is 1.59. The molecule has 3 N–H and O–H groups in total. The summed E-state index contributed by atoms with van der Waals surface area (Å²) in [5.74, 6) is -0.874. The smallest absolute Gasteiger partial charge is 0.326 e. The third-order valence-corrected chi connectivity index (χ3v) is 2.82. The van der Waals surface area contributed by atoms with Crippen molar-refractivity contribution in [3.05, 3.63) is 0 Å². The molecule has 1 atom stereocenters. The van der Waals surface area contributed by atoms with E-state index in [0.29, 0.717) is 19.8 Å². The second-order valence-electron chi connectivity index (χ2n) is 4.52. The first-order valence-corrected chi connectivity index (χ1v) is 6.50. The van der Waals surface area contributed by atoms with Crippen LogP contribution in [-0.2, 0) is 9.53 Å². The second kappa shape index (κ2) is 7.92. The summed E-state index contributed by atoms with van der Waals surface area (Å²) in [6, 6.07) is -1.19. The van der Waals surface area contributed by atoms with Crippen molar-refractivity contribution < 1.29 is 19.4 Å². The molecule has 0 radical (unpaired) electrons. The van der Waals surface area contributed by atoms with E-state index in [1.54, 1.807) is 0 Å². The number of unbranched alkanes of at least 4 members (excludes halogenated alkanes) is 1. The van der Waals surface area contributed by atoms with Gasteiger partial charge in [-0.1, -0.05) is 13.3 Å². The topological polar surface area (TPSA) is 87.7 Å². The highest BCUT2D eigenvalue weighted by Crippen LogP contribution is 2.32. The van der Waals surface area contributed by atoms with E-state index in [1.807, 2.05) is 0 Å². The minimum absolute atomic E-state index is 0.0917. The van der Waals surface area contributed by atoms with Gasteiger partial charge in [-0.25, -0.2) is 9.59 Å². The number of carboxylic acid groups (broad SMARTS) is 1. The first-order valence-electron chi connectivity index (χ1n) is 6.50. The molecule has 1 aliphatic rings. The van der Waals surface area contributed by atoms with Gasteiger partial charge in [-0.3, -0.25) is 0 Å². The van der Waals surface area contributed by atoms with E-state index in [4.69, 9.17) is 9.84 Å². The Morgan fingerprint density at radius 1 is 1.39 bits per heavy atom. The van der Waals surface area contributed by atoms with Gasteiger partial charge in [-0.05, 0) is 25.2 Å². The van der Waals surface area contributed by atoms with Gasteiger partial charge in [-0.2, -0.15) is 0 Å². The average Bonchev–Trinajstić information content (AvgIpc) is 3.14. The number of carbonyl (C=O) groups is 2. The highest BCUT2D eigenvalue weighted by Gasteiger charge is 2.37. The summed E-state index contributed by atoms with van der Waals surface area (Å²) in [6.45, 7) is 3.62. The van der Waals surface area contributed by atoms with Crippen LogP contribution in [0.4, 0.5) is 4.79 Å². The van der Waals surface area contributed by atoms with Crippen molar-refractivity contribution in [1.82, 2.24) is 10.6 Å². The molecular weight excluding hydrogens is 236 g/mol. The van der Waals surface area contributed by atoms with E-state index in [9.17, 15) is 9.59 Å². The van der Waals surface area contributed by atoms with Crippen molar-refractivity contribution in [2.75, 3.05) is 19.8 Å². The lowest BCUT2D eigenvalue weighted by molar-refractivity contribution is -0.139. The first-order chi connectivity index (χ1) is 8.65. The molecule has 6 nitrogen and oxygen atoms in total. The quantitative estimate of drug-likeness (QED) is 0.538. The third kappa shape index (κ3) is 5.86. The molecule has 0 aromatic heterocycles. The molecule has 6 heteroatoms. The Bertz CT molecular complexity index is 279. The van der Waals surface area contributed by atoms with Crippen molar-refractivity contribution in [3.63, 3.8) is 0 Å². The summed E-state index contributed by atoms with van der Waals surface area (Å²) in [6.07, 6.45) is 3.83. The largest absolute Gasteiger partial charge is 0.480 e. The lowest BCUT2D eigenvalue weighted by Gasteiger charge is -2.14. The monoisotopic (exact) mass is 258 g/mol. The fraction of sp³-hybridized carbons (Fsp3) is 0.833. The SMILES string of the molecule is CCCCOCCNC(=O)NC(C(=O)O)C1CC1. The van der Waals surface area contributed by atoms with Gasteiger partial charge < -0.3 is 20.5 Å². The Morgan fingerprint density at radius 3 is 2.67 bits per heavy atom. The van der Waals surface area contributed by atoms with Gasteiger partial charge >= 0.3 is 12.0 Å². The maximum Gasteiger partial charge on any atom is 0.326 e. The van der Waals surface area contributed by atoms with E-state index in [0.717, 1.165) is 25.7 Å². The van der Waals surface area contributed by atoms with Gasteiger partial charge in [0.05, 0.1) is 6.61 Å². The normalized spacial score (nSPS) is 16.1. The number of ether oxygens (including phenoxy) is 1. The highest BCUT2D eigenvalue weighted by atomic mass is 16.5. The third-order valence-electron chi connectivity index (χ3n) is 2.82. The van der Waals surface area contributed by atoms with E-state index in [2.05, 4.69) is 17.6 Å². The molecule has 104 valence electrons. The zero-order valence-corrected chi connectivity index (χ0v) is 10.8. The fourth-order valence-corrected chi connectivity index (χ4v) is 1.59. The molecule has 18 heavy (non-hydrogen) atoms. The molecule has 0 bridgehead atoms. The standard InChI is InChI=1S/C12H22N2O4/c1-2-3-7-18-8-6-13-12(17)14-10(11(15)16)9-4-5-9/h9-10H,2-8H2,1H3,(H,15,16)(H2,13,14,17). The van der Waals surface area contributed by atoms with Crippen LogP contribution in [0.15, 0.2) is 0 Å². The van der Waals surface area contributed by atoms with Crippen molar-refractivity contribution in [3.8, 4) is 0 Å². The summed E-state index contributed by atoms with van der Waals surface area (Å²) < 4.78 is 5.28. The number of aliphatic carboxylic acids is 1. The molecular formula is C12H22N2O4. The highest BCUT2D eigenvalue weighted by molar-refractivity contribution is 5.83. The molecule has 0 heterocycles. The van der Waals surface area contributed by atoms with Crippen LogP contribution < -0.4 is 10.6 Å². The minimum atomic E-state index is -0.966. The van der Waals surface area contributed by atoms with Gasteiger partial charge in [0.15, 0.2) is 0 Å². The van der Waals surface area contributed by atoms with E-state index in [-0.39, 0.29) is 5.92 Å². The summed E-state index contributed by atoms with van der Waals surface area (Å²) >= 11 is 0. The maximum atomic E-state index is 11.4. The summed E-state index contributed by atoms with van der Waals surface area (Å²) in [5, 5.41) is 14.0. The Kier molecular flexibility index (Phi) is 6.49. The molecule has 0 spiro atoms. The van der Waals surface area contributed by atoms with Crippen LogP contribution in [0.3, 0.4) is 0 Å². The van der Waals surface area contributed by atoms with E-state index in [1.165, 1.54) is 0 Å². The number of rotatable bonds is 9. The van der Waals surface area contributed by atoms with Crippen molar-refractivity contribution >= 4 is 12.0 Å². The summed E-state index contributed by atoms with van der Waals surface area (Å²) in [4.78, 5) is 22.3. The molecule has 0 saturated heterocycles. The molecule has 0 aliphatic heterocycles. The number of nitrogens with one attached hydrogen (secondary N) is 2. The number of carboxylic acids is 1. The zero-order valence-electron chi connectivity index (χ0n) is 10.8. The number of urea groups is 1. The predicted molar refractivity (Wildman–Crippen MR) is 66.4 cm³/mol. The van der Waals surface area contributed by atoms with Crippen LogP contribution in [0.25, 0.3) is 0 Å². The van der Waals surface area contributed by atoms with Crippen LogP contribution in [-0.4, -0.2) is 42.9 Å². The van der Waals surface area contributed by atoms with Gasteiger partial charge in [0.25, 0.3) is 0 Å². The molecule has 1 saturated carbocycles. The maximum absolute atomic E-state index is 11.4. The van der Waals surface area contributed by atoms with E-state index >= 15 is 0 Å². The molecule has 0 aromatic carbocycles. The molecule has 1 aliphatic carbocycles. The molecule has 0 aromatic rings. The lowest BCUT2D eigenvalue weighted by Crippen LogP contribution is -2.47. The summed E-state index contributed by atoms with van der Waals surface area (Å²) in [5.41, 5.74) is 0. The minimum Gasteiger partial charge on any atom is -0.480 e. The van der Waals surface area contributed by atoms with Gasteiger partial charge in [0, 0.05) is 13.2 Å². The molecule has 1 rings (SSSR count). The Labute approximate surface area is 107 Å². The van der Waals surface area contributed by atoms with Crippen LogP contribution in [0.2, 0.25) is 0 Å². The van der Waals surface area contributed by atoms with Crippen molar-refractivity contribution in [2.45, 2.75) is 38.6 Å². The number of hydrogen-bond acceptors (Lipinski definition) is 3. The average molecular weight is 258 g/mol. The predicted octanol–water partition coefficient (Wildman–Crippen LogP) is 0.965. The Hall–Kier alpha value is -1.30. The zero-order chi connectivity index (χ0) is 13.4. The van der Waals surface area contributed by atoms with Crippen molar-refractivity contribution in [2.24, 2.45) is 5.92 Å². The molecule has 2 amide bonds. The van der Waals surface area contributed by atoms with Crippen LogP contribution in [0.1, 0.15) is 32.6 Å². The first kappa shape index (κ1) is 14.8. The molecule has 1 fully saturated rings. The van der Waals surface area contributed by atoms with Crippen LogP contribution >= 0.6 is 0 Å². The lowest BCUT2D eigenvalue weighted by atomic mass is 10.2.